The highest BCUT2D eigenvalue weighted by Gasteiger charge is 2.05. The molecule has 1 aromatic heterocycles. The molecule has 1 heterocycles. The van der Waals surface area contributed by atoms with Crippen molar-refractivity contribution < 1.29 is 0 Å². The van der Waals surface area contributed by atoms with E-state index in [4.69, 9.17) is 11.6 Å². The Labute approximate surface area is 113 Å². The quantitative estimate of drug-likeness (QED) is 0.761. The third-order valence-electron chi connectivity index (χ3n) is 2.93. The molecule has 0 atom stereocenters. The first kappa shape index (κ1) is 13.0. The van der Waals surface area contributed by atoms with Crippen LogP contribution in [0.4, 0.5) is 0 Å². The van der Waals surface area contributed by atoms with E-state index in [1.807, 2.05) is 13.0 Å². The standard InChI is InChI=1S/C15H17ClN2/c1-4-15-17-13(9-14(16)18-15)12-7-5-11(6-8-12)10(2)3/h5-10H,4H2,1-3H3. The first-order valence-corrected chi connectivity index (χ1v) is 6.61. The first-order chi connectivity index (χ1) is 8.60. The Bertz CT molecular complexity index is 533. The van der Waals surface area contributed by atoms with Gasteiger partial charge in [-0.25, -0.2) is 9.97 Å². The lowest BCUT2D eigenvalue weighted by molar-refractivity contribution is 0.867. The van der Waals surface area contributed by atoms with Gasteiger partial charge in [0.2, 0.25) is 0 Å². The van der Waals surface area contributed by atoms with Gasteiger partial charge in [0, 0.05) is 18.1 Å². The maximum atomic E-state index is 6.01. The maximum absolute atomic E-state index is 6.01. The van der Waals surface area contributed by atoms with E-state index in [2.05, 4.69) is 48.1 Å². The normalized spacial score (nSPS) is 10.9. The Balaban J connectivity index is 2.39. The largest absolute Gasteiger partial charge is 0.233 e. The van der Waals surface area contributed by atoms with Gasteiger partial charge in [-0.2, -0.15) is 0 Å². The van der Waals surface area contributed by atoms with Crippen LogP contribution in [0.5, 0.6) is 0 Å². The van der Waals surface area contributed by atoms with E-state index in [1.165, 1.54) is 5.56 Å². The SMILES string of the molecule is CCc1nc(Cl)cc(-c2ccc(C(C)C)cc2)n1. The summed E-state index contributed by atoms with van der Waals surface area (Å²) in [5, 5.41) is 0.504. The Morgan fingerprint density at radius 1 is 1.11 bits per heavy atom. The second-order valence-electron chi connectivity index (χ2n) is 4.62. The fraction of sp³-hybridized carbons (Fsp3) is 0.333. The molecule has 0 fully saturated rings. The summed E-state index contributed by atoms with van der Waals surface area (Å²) in [6.45, 7) is 6.40. The fourth-order valence-electron chi connectivity index (χ4n) is 1.81. The molecule has 2 nitrogen and oxygen atoms in total. The number of benzene rings is 1. The molecule has 0 aliphatic carbocycles. The molecule has 0 saturated heterocycles. The summed E-state index contributed by atoms with van der Waals surface area (Å²) in [6, 6.07) is 10.3. The number of aromatic nitrogens is 2. The van der Waals surface area contributed by atoms with Crippen molar-refractivity contribution in [2.45, 2.75) is 33.1 Å². The van der Waals surface area contributed by atoms with Crippen molar-refractivity contribution in [3.05, 3.63) is 46.9 Å². The average Bonchev–Trinajstić information content (AvgIpc) is 2.38. The molecule has 0 saturated carbocycles. The van der Waals surface area contributed by atoms with Gasteiger partial charge in [0.1, 0.15) is 11.0 Å². The van der Waals surface area contributed by atoms with Crippen LogP contribution in [-0.2, 0) is 6.42 Å². The van der Waals surface area contributed by atoms with Gasteiger partial charge in [-0.15, -0.1) is 0 Å². The highest BCUT2D eigenvalue weighted by atomic mass is 35.5. The van der Waals surface area contributed by atoms with Crippen molar-refractivity contribution in [3.63, 3.8) is 0 Å². The van der Waals surface area contributed by atoms with Crippen LogP contribution in [0.3, 0.4) is 0 Å². The van der Waals surface area contributed by atoms with Crippen LogP contribution in [0.1, 0.15) is 38.1 Å². The Morgan fingerprint density at radius 3 is 2.33 bits per heavy atom. The summed E-state index contributed by atoms with van der Waals surface area (Å²) < 4.78 is 0. The molecular formula is C15H17ClN2. The first-order valence-electron chi connectivity index (χ1n) is 6.24. The number of hydrogen-bond acceptors (Lipinski definition) is 2. The van der Waals surface area contributed by atoms with E-state index in [0.717, 1.165) is 23.5 Å². The molecule has 18 heavy (non-hydrogen) atoms. The lowest BCUT2D eigenvalue weighted by Gasteiger charge is -2.07. The molecule has 0 aliphatic rings. The molecular weight excluding hydrogens is 244 g/mol. The summed E-state index contributed by atoms with van der Waals surface area (Å²) in [5.74, 6) is 1.32. The minimum atomic E-state index is 0.504. The molecule has 0 unspecified atom stereocenters. The van der Waals surface area contributed by atoms with E-state index in [0.29, 0.717) is 11.1 Å². The summed E-state index contributed by atoms with van der Waals surface area (Å²) in [4.78, 5) is 8.68. The van der Waals surface area contributed by atoms with Gasteiger partial charge in [0.05, 0.1) is 5.69 Å². The highest BCUT2D eigenvalue weighted by Crippen LogP contribution is 2.23. The predicted molar refractivity (Wildman–Crippen MR) is 75.9 cm³/mol. The Kier molecular flexibility index (Phi) is 3.97. The van der Waals surface area contributed by atoms with Gasteiger partial charge in [0.15, 0.2) is 0 Å². The summed E-state index contributed by atoms with van der Waals surface area (Å²) in [6.07, 6.45) is 0.789. The monoisotopic (exact) mass is 260 g/mol. The van der Waals surface area contributed by atoms with Crippen molar-refractivity contribution in [1.29, 1.82) is 0 Å². The van der Waals surface area contributed by atoms with E-state index in [-0.39, 0.29) is 0 Å². The molecule has 3 heteroatoms. The van der Waals surface area contributed by atoms with Crippen LogP contribution in [0.15, 0.2) is 30.3 Å². The molecule has 0 radical (unpaired) electrons. The van der Waals surface area contributed by atoms with Crippen LogP contribution in [0.25, 0.3) is 11.3 Å². The smallest absolute Gasteiger partial charge is 0.133 e. The van der Waals surface area contributed by atoms with E-state index in [9.17, 15) is 0 Å². The molecule has 0 amide bonds. The van der Waals surface area contributed by atoms with Crippen molar-refractivity contribution >= 4 is 11.6 Å². The molecule has 94 valence electrons. The van der Waals surface area contributed by atoms with Gasteiger partial charge in [-0.05, 0) is 11.5 Å². The van der Waals surface area contributed by atoms with Crippen LogP contribution in [-0.4, -0.2) is 9.97 Å². The highest BCUT2D eigenvalue weighted by molar-refractivity contribution is 6.29. The molecule has 2 aromatic rings. The van der Waals surface area contributed by atoms with Crippen LogP contribution >= 0.6 is 11.6 Å². The number of nitrogens with zero attached hydrogens (tertiary/aromatic N) is 2. The predicted octanol–water partition coefficient (Wildman–Crippen LogP) is 4.48. The minimum Gasteiger partial charge on any atom is -0.233 e. The van der Waals surface area contributed by atoms with Gasteiger partial charge < -0.3 is 0 Å². The van der Waals surface area contributed by atoms with E-state index in [1.54, 1.807) is 0 Å². The average molecular weight is 261 g/mol. The molecule has 0 bridgehead atoms. The molecule has 1 aromatic carbocycles. The fourth-order valence-corrected chi connectivity index (χ4v) is 2.01. The number of aryl methyl sites for hydroxylation is 1. The van der Waals surface area contributed by atoms with Gasteiger partial charge in [-0.1, -0.05) is 56.6 Å². The van der Waals surface area contributed by atoms with Crippen LogP contribution in [0.2, 0.25) is 5.15 Å². The summed E-state index contributed by atoms with van der Waals surface area (Å²) >= 11 is 6.01. The molecule has 0 aliphatic heterocycles. The topological polar surface area (TPSA) is 25.8 Å². The maximum Gasteiger partial charge on any atom is 0.133 e. The van der Waals surface area contributed by atoms with Gasteiger partial charge >= 0.3 is 0 Å². The zero-order valence-electron chi connectivity index (χ0n) is 10.9. The lowest BCUT2D eigenvalue weighted by Crippen LogP contribution is -1.96. The molecule has 0 N–H and O–H groups in total. The van der Waals surface area contributed by atoms with Gasteiger partial charge in [-0.3, -0.25) is 0 Å². The zero-order chi connectivity index (χ0) is 13.1. The Hall–Kier alpha value is -1.41. The van der Waals surface area contributed by atoms with E-state index < -0.39 is 0 Å². The minimum absolute atomic E-state index is 0.504. The lowest BCUT2D eigenvalue weighted by atomic mass is 10.0. The number of rotatable bonds is 3. The molecule has 0 spiro atoms. The zero-order valence-corrected chi connectivity index (χ0v) is 11.7. The van der Waals surface area contributed by atoms with Crippen molar-refractivity contribution in [3.8, 4) is 11.3 Å². The third kappa shape index (κ3) is 2.88. The third-order valence-corrected chi connectivity index (χ3v) is 3.12. The molecule has 2 rings (SSSR count). The van der Waals surface area contributed by atoms with Crippen molar-refractivity contribution in [2.24, 2.45) is 0 Å². The van der Waals surface area contributed by atoms with Gasteiger partial charge in [0.25, 0.3) is 0 Å². The van der Waals surface area contributed by atoms with E-state index >= 15 is 0 Å². The summed E-state index contributed by atoms with van der Waals surface area (Å²) in [7, 11) is 0. The van der Waals surface area contributed by atoms with Crippen molar-refractivity contribution in [1.82, 2.24) is 9.97 Å². The van der Waals surface area contributed by atoms with Crippen LogP contribution < -0.4 is 0 Å². The van der Waals surface area contributed by atoms with Crippen LogP contribution in [0, 0.1) is 0 Å². The summed E-state index contributed by atoms with van der Waals surface area (Å²) in [5.41, 5.74) is 3.30. The number of halogens is 1. The number of hydrogen-bond donors (Lipinski definition) is 0. The second-order valence-corrected chi connectivity index (χ2v) is 5.01. The second kappa shape index (κ2) is 5.49. The Morgan fingerprint density at radius 2 is 1.78 bits per heavy atom. The van der Waals surface area contributed by atoms with Crippen molar-refractivity contribution in [2.75, 3.05) is 0 Å².